The van der Waals surface area contributed by atoms with E-state index in [2.05, 4.69) is 5.32 Å². The van der Waals surface area contributed by atoms with Crippen LogP contribution in [0.5, 0.6) is 5.75 Å². The highest BCUT2D eigenvalue weighted by Gasteiger charge is 2.33. The molecule has 3 rings (SSSR count). The third-order valence-corrected chi connectivity index (χ3v) is 7.22. The number of ether oxygens (including phenoxy) is 2. The van der Waals surface area contributed by atoms with Crippen molar-refractivity contribution in [2.45, 2.75) is 31.5 Å². The van der Waals surface area contributed by atoms with E-state index in [1.807, 2.05) is 18.2 Å². The molecule has 1 N–H and O–H groups in total. The quantitative estimate of drug-likeness (QED) is 0.503. The molecule has 1 aliphatic rings. The van der Waals surface area contributed by atoms with Crippen molar-refractivity contribution in [2.75, 3.05) is 40.1 Å². The summed E-state index contributed by atoms with van der Waals surface area (Å²) in [6.45, 7) is 0.725. The molecule has 2 aromatic carbocycles. The van der Waals surface area contributed by atoms with Crippen LogP contribution in [0.2, 0.25) is 0 Å². The van der Waals surface area contributed by atoms with E-state index in [9.17, 15) is 18.0 Å². The van der Waals surface area contributed by atoms with Crippen LogP contribution >= 0.6 is 0 Å². The summed E-state index contributed by atoms with van der Waals surface area (Å²) in [4.78, 5) is 28.4. The molecule has 2 atom stereocenters. The molecule has 2 unspecified atom stereocenters. The summed E-state index contributed by atoms with van der Waals surface area (Å²) in [5.41, 5.74) is 1.40. The van der Waals surface area contributed by atoms with Crippen molar-refractivity contribution in [3.05, 3.63) is 65.7 Å². The van der Waals surface area contributed by atoms with Crippen LogP contribution in [-0.4, -0.2) is 75.7 Å². The van der Waals surface area contributed by atoms with E-state index in [1.165, 1.54) is 11.9 Å². The molecule has 190 valence electrons. The lowest BCUT2D eigenvalue weighted by Crippen LogP contribution is -2.48. The van der Waals surface area contributed by atoms with Crippen molar-refractivity contribution in [2.24, 2.45) is 0 Å². The molecular formula is C25H33N3O6S. The summed E-state index contributed by atoms with van der Waals surface area (Å²) in [7, 11) is -0.687. The van der Waals surface area contributed by atoms with Crippen molar-refractivity contribution < 1.29 is 27.5 Å². The Hall–Kier alpha value is -2.95. The van der Waals surface area contributed by atoms with E-state index < -0.39 is 28.5 Å². The van der Waals surface area contributed by atoms with Crippen LogP contribution in [0.25, 0.3) is 0 Å². The second kappa shape index (κ2) is 12.1. The molecule has 10 heteroatoms. The second-order valence-electron chi connectivity index (χ2n) is 8.58. The molecule has 0 bridgehead atoms. The first-order chi connectivity index (χ1) is 16.7. The number of methoxy groups -OCH3 is 1. The van der Waals surface area contributed by atoms with Gasteiger partial charge in [-0.05, 0) is 36.1 Å². The number of carbonyl (C=O) groups is 2. The monoisotopic (exact) mass is 503 g/mol. The van der Waals surface area contributed by atoms with E-state index in [0.717, 1.165) is 29.0 Å². The summed E-state index contributed by atoms with van der Waals surface area (Å²) in [6.07, 6.45) is 2.79. The first kappa shape index (κ1) is 26.7. The van der Waals surface area contributed by atoms with Gasteiger partial charge in [-0.1, -0.05) is 42.5 Å². The normalized spacial score (nSPS) is 16.6. The van der Waals surface area contributed by atoms with Crippen LogP contribution in [0.3, 0.4) is 0 Å². The highest BCUT2D eigenvalue weighted by atomic mass is 32.2. The summed E-state index contributed by atoms with van der Waals surface area (Å²) in [5, 5.41) is 2.94. The maximum Gasteiger partial charge on any atom is 0.247 e. The molecule has 9 nitrogen and oxygen atoms in total. The van der Waals surface area contributed by atoms with Crippen molar-refractivity contribution in [1.82, 2.24) is 14.5 Å². The van der Waals surface area contributed by atoms with Crippen molar-refractivity contribution >= 4 is 21.8 Å². The number of nitrogens with zero attached hydrogens (tertiary/aromatic N) is 2. The van der Waals surface area contributed by atoms with Gasteiger partial charge in [-0.25, -0.2) is 8.42 Å². The Morgan fingerprint density at radius 1 is 1.14 bits per heavy atom. The van der Waals surface area contributed by atoms with Crippen LogP contribution in [-0.2, 0) is 30.9 Å². The highest BCUT2D eigenvalue weighted by Crippen LogP contribution is 2.25. The van der Waals surface area contributed by atoms with Crippen LogP contribution in [0.1, 0.15) is 30.0 Å². The van der Waals surface area contributed by atoms with Gasteiger partial charge in [0.25, 0.3) is 0 Å². The fourth-order valence-electron chi connectivity index (χ4n) is 3.87. The number of rotatable bonds is 11. The Morgan fingerprint density at radius 2 is 1.83 bits per heavy atom. The number of likely N-dealkylation sites (N-methyl/N-ethyl adjacent to an activating group) is 1. The highest BCUT2D eigenvalue weighted by molar-refractivity contribution is 7.88. The fourth-order valence-corrected chi connectivity index (χ4v) is 4.22. The number of benzene rings is 2. The van der Waals surface area contributed by atoms with Crippen molar-refractivity contribution in [3.63, 3.8) is 0 Å². The minimum absolute atomic E-state index is 0.0579. The van der Waals surface area contributed by atoms with Gasteiger partial charge in [-0.2, -0.15) is 4.31 Å². The zero-order chi connectivity index (χ0) is 25.4. The molecule has 1 heterocycles. The Labute approximate surface area is 207 Å². The van der Waals surface area contributed by atoms with Gasteiger partial charge in [0.15, 0.2) is 0 Å². The third kappa shape index (κ3) is 7.51. The number of hydrogen-bond acceptors (Lipinski definition) is 6. The Balaban J connectivity index is 1.94. The molecule has 2 amide bonds. The Morgan fingerprint density at radius 3 is 2.40 bits per heavy atom. The van der Waals surface area contributed by atoms with E-state index >= 15 is 0 Å². The molecule has 2 aromatic rings. The predicted octanol–water partition coefficient (Wildman–Crippen LogP) is 1.95. The van der Waals surface area contributed by atoms with Gasteiger partial charge in [0.2, 0.25) is 21.8 Å². The Kier molecular flexibility index (Phi) is 9.25. The minimum Gasteiger partial charge on any atom is -0.497 e. The van der Waals surface area contributed by atoms with E-state index in [1.54, 1.807) is 43.5 Å². The van der Waals surface area contributed by atoms with Crippen LogP contribution in [0.15, 0.2) is 54.6 Å². The average Bonchev–Trinajstić information content (AvgIpc) is 3.36. The lowest BCUT2D eigenvalue weighted by molar-refractivity contribution is -0.141. The molecule has 0 spiro atoms. The first-order valence-corrected chi connectivity index (χ1v) is 13.3. The standard InChI is InChI=1S/C25H33N3O6S/c1-27(35(3,31)32)18-23(29)28(17-19-11-13-21(33-2)14-12-19)24(20-8-5-4-6-9-20)25(30)26-16-22-10-7-15-34-22/h4-6,8-9,11-14,22,24H,7,10,15-18H2,1-3H3,(H,26,30). The van der Waals surface area contributed by atoms with Crippen LogP contribution < -0.4 is 10.1 Å². The van der Waals surface area contributed by atoms with Gasteiger partial charge >= 0.3 is 0 Å². The second-order valence-corrected chi connectivity index (χ2v) is 10.7. The zero-order valence-electron chi connectivity index (χ0n) is 20.3. The maximum atomic E-state index is 13.5. The number of sulfonamides is 1. The summed E-state index contributed by atoms with van der Waals surface area (Å²) in [6, 6.07) is 15.2. The minimum atomic E-state index is -3.59. The van der Waals surface area contributed by atoms with E-state index in [4.69, 9.17) is 9.47 Å². The smallest absolute Gasteiger partial charge is 0.247 e. The number of carbonyl (C=O) groups excluding carboxylic acids is 2. The summed E-state index contributed by atoms with van der Waals surface area (Å²) < 4.78 is 35.8. The molecule has 0 radical (unpaired) electrons. The lowest BCUT2D eigenvalue weighted by Gasteiger charge is -2.33. The Bertz CT molecular complexity index is 1090. The van der Waals surface area contributed by atoms with Gasteiger partial charge in [-0.3, -0.25) is 9.59 Å². The van der Waals surface area contributed by atoms with Gasteiger partial charge < -0.3 is 19.7 Å². The summed E-state index contributed by atoms with van der Waals surface area (Å²) >= 11 is 0. The topological polar surface area (TPSA) is 105 Å². The van der Waals surface area contributed by atoms with E-state index in [-0.39, 0.29) is 18.6 Å². The number of nitrogens with one attached hydrogen (secondary N) is 1. The predicted molar refractivity (Wildman–Crippen MR) is 132 cm³/mol. The van der Waals surface area contributed by atoms with E-state index in [0.29, 0.717) is 24.5 Å². The van der Waals surface area contributed by atoms with Gasteiger partial charge in [0, 0.05) is 26.7 Å². The zero-order valence-corrected chi connectivity index (χ0v) is 21.2. The third-order valence-electron chi connectivity index (χ3n) is 5.96. The van der Waals surface area contributed by atoms with Gasteiger partial charge in [-0.15, -0.1) is 0 Å². The first-order valence-electron chi connectivity index (χ1n) is 11.5. The van der Waals surface area contributed by atoms with Crippen molar-refractivity contribution in [3.8, 4) is 5.75 Å². The molecule has 0 saturated carbocycles. The maximum absolute atomic E-state index is 13.5. The van der Waals surface area contributed by atoms with Crippen molar-refractivity contribution in [1.29, 1.82) is 0 Å². The number of hydrogen-bond donors (Lipinski definition) is 1. The van der Waals surface area contributed by atoms with Crippen LogP contribution in [0, 0.1) is 0 Å². The SMILES string of the molecule is COc1ccc(CN(C(=O)CN(C)S(C)(=O)=O)C(C(=O)NCC2CCCO2)c2ccccc2)cc1. The largest absolute Gasteiger partial charge is 0.497 e. The molecule has 1 aliphatic heterocycles. The molecule has 0 aromatic heterocycles. The van der Waals surface area contributed by atoms with Gasteiger partial charge in [0.05, 0.1) is 26.0 Å². The average molecular weight is 504 g/mol. The molecule has 1 saturated heterocycles. The van der Waals surface area contributed by atoms with Crippen LogP contribution in [0.4, 0.5) is 0 Å². The van der Waals surface area contributed by atoms with Gasteiger partial charge in [0.1, 0.15) is 11.8 Å². The lowest BCUT2D eigenvalue weighted by atomic mass is 10.0. The summed E-state index contributed by atoms with van der Waals surface area (Å²) in [5.74, 6) is -0.178. The molecule has 0 aliphatic carbocycles. The molecule has 1 fully saturated rings. The molecule has 35 heavy (non-hydrogen) atoms. The number of amides is 2. The molecular weight excluding hydrogens is 470 g/mol. The fraction of sp³-hybridized carbons (Fsp3) is 0.440.